The maximum Gasteiger partial charge on any atom is 0.137 e. The van der Waals surface area contributed by atoms with Crippen LogP contribution < -0.4 is 4.90 Å². The van der Waals surface area contributed by atoms with Gasteiger partial charge in [0.25, 0.3) is 0 Å². The molecule has 4 nitrogen and oxygen atoms in total. The number of hydrogen-bond acceptors (Lipinski definition) is 3. The van der Waals surface area contributed by atoms with Gasteiger partial charge < -0.3 is 18.3 Å². The summed E-state index contributed by atoms with van der Waals surface area (Å²) >= 11 is 0. The normalized spacial score (nSPS) is 11.8. The molecule has 272 valence electrons. The van der Waals surface area contributed by atoms with Crippen LogP contribution in [0.5, 0.6) is 0 Å². The van der Waals surface area contributed by atoms with Gasteiger partial charge in [-0.1, -0.05) is 115 Å². The molecule has 12 rings (SSSR count). The summed E-state index contributed by atoms with van der Waals surface area (Å²) in [7, 11) is 0. The van der Waals surface area contributed by atoms with Gasteiger partial charge in [-0.25, -0.2) is 0 Å². The fourth-order valence-electron chi connectivity index (χ4n) is 8.82. The summed E-state index contributed by atoms with van der Waals surface area (Å²) < 4.78 is 15.0. The van der Waals surface area contributed by atoms with Crippen molar-refractivity contribution < 1.29 is 8.83 Å². The lowest BCUT2D eigenvalue weighted by Gasteiger charge is -2.26. The number of hydrogen-bond donors (Lipinski definition) is 0. The SMILES string of the molecule is c1ccc(-c2ccc(N(c3ccc(-c4ccc5c(c4)c4ccccc4n5-c4ccc5c(c4)oc4ccccc45)cc3)c3ccc4c(c3)oc3ccccc34)cc2)cc1. The largest absolute Gasteiger partial charge is 0.456 e. The lowest BCUT2D eigenvalue weighted by molar-refractivity contribution is 0.668. The van der Waals surface area contributed by atoms with E-state index >= 15 is 0 Å². The Balaban J connectivity index is 0.946. The second-order valence-electron chi connectivity index (χ2n) is 14.9. The highest BCUT2D eigenvalue weighted by Crippen LogP contribution is 2.41. The van der Waals surface area contributed by atoms with Crippen LogP contribution in [-0.2, 0) is 0 Å². The second-order valence-corrected chi connectivity index (χ2v) is 14.9. The summed E-state index contributed by atoms with van der Waals surface area (Å²) in [6.07, 6.45) is 0. The number of anilines is 3. The van der Waals surface area contributed by atoms with Crippen molar-refractivity contribution in [1.29, 1.82) is 0 Å². The molecular formula is C54H34N2O2. The smallest absolute Gasteiger partial charge is 0.137 e. The summed E-state index contributed by atoms with van der Waals surface area (Å²) in [4.78, 5) is 2.31. The Morgan fingerprint density at radius 1 is 0.293 bits per heavy atom. The van der Waals surface area contributed by atoms with E-state index in [0.29, 0.717) is 0 Å². The van der Waals surface area contributed by atoms with E-state index < -0.39 is 0 Å². The molecule has 3 aromatic heterocycles. The van der Waals surface area contributed by atoms with E-state index in [1.54, 1.807) is 0 Å². The molecule has 58 heavy (non-hydrogen) atoms. The third-order valence-corrected chi connectivity index (χ3v) is 11.6. The van der Waals surface area contributed by atoms with Gasteiger partial charge in [0.1, 0.15) is 22.3 Å². The average Bonchev–Trinajstić information content (AvgIpc) is 3.96. The molecule has 9 aromatic carbocycles. The number of nitrogens with zero attached hydrogens (tertiary/aromatic N) is 2. The Morgan fingerprint density at radius 3 is 1.47 bits per heavy atom. The van der Waals surface area contributed by atoms with E-state index in [1.807, 2.05) is 24.3 Å². The second kappa shape index (κ2) is 12.9. The summed E-state index contributed by atoms with van der Waals surface area (Å²) in [6.45, 7) is 0. The predicted octanol–water partition coefficient (Wildman–Crippen LogP) is 15.4. The number of rotatable bonds is 6. The van der Waals surface area contributed by atoms with Crippen molar-refractivity contribution in [2.75, 3.05) is 4.90 Å². The van der Waals surface area contributed by atoms with Crippen LogP contribution in [0.2, 0.25) is 0 Å². The van der Waals surface area contributed by atoms with Gasteiger partial charge >= 0.3 is 0 Å². The molecule has 0 aliphatic heterocycles. The van der Waals surface area contributed by atoms with Gasteiger partial charge in [-0.15, -0.1) is 0 Å². The molecule has 0 fully saturated rings. The molecule has 0 N–H and O–H groups in total. The fourth-order valence-corrected chi connectivity index (χ4v) is 8.82. The van der Waals surface area contributed by atoms with Crippen LogP contribution in [0.1, 0.15) is 0 Å². The molecule has 0 amide bonds. The lowest BCUT2D eigenvalue weighted by Crippen LogP contribution is -2.09. The zero-order valence-electron chi connectivity index (χ0n) is 31.3. The zero-order chi connectivity index (χ0) is 38.2. The van der Waals surface area contributed by atoms with Crippen molar-refractivity contribution in [3.8, 4) is 27.9 Å². The minimum absolute atomic E-state index is 0.867. The van der Waals surface area contributed by atoms with Crippen LogP contribution in [0, 0.1) is 0 Å². The Morgan fingerprint density at radius 2 is 0.776 bits per heavy atom. The van der Waals surface area contributed by atoms with Crippen molar-refractivity contribution in [1.82, 2.24) is 4.57 Å². The van der Waals surface area contributed by atoms with Crippen LogP contribution in [0.15, 0.2) is 215 Å². The molecule has 4 heteroatoms. The van der Waals surface area contributed by atoms with E-state index in [0.717, 1.165) is 88.8 Å². The Labute approximate surface area is 334 Å². The van der Waals surface area contributed by atoms with E-state index in [9.17, 15) is 0 Å². The number of furan rings is 2. The molecule has 12 aromatic rings. The molecule has 0 aliphatic carbocycles. The quantitative estimate of drug-likeness (QED) is 0.170. The van der Waals surface area contributed by atoms with Crippen LogP contribution in [0.25, 0.3) is 93.6 Å². The van der Waals surface area contributed by atoms with Gasteiger partial charge in [-0.05, 0) is 101 Å². The standard InChI is InChI=1S/C54H34N2O2/c1-2-10-35(11-3-1)36-18-23-39(24-19-36)55(41-27-29-46-44-13-5-8-16-51(44)57-53(46)33-41)40-25-20-37(21-26-40)38-22-31-50-48(32-38)43-12-4-7-15-49(43)56(50)42-28-30-47-45-14-6-9-17-52(45)58-54(47)34-42/h1-34H. The minimum atomic E-state index is 0.867. The minimum Gasteiger partial charge on any atom is -0.456 e. The third-order valence-electron chi connectivity index (χ3n) is 11.6. The maximum atomic E-state index is 6.36. The Hall–Kier alpha value is -7.82. The highest BCUT2D eigenvalue weighted by Gasteiger charge is 2.18. The number of aromatic nitrogens is 1. The van der Waals surface area contributed by atoms with Crippen molar-refractivity contribution >= 4 is 82.7 Å². The highest BCUT2D eigenvalue weighted by molar-refractivity contribution is 6.11. The molecule has 0 saturated heterocycles. The average molecular weight is 743 g/mol. The van der Waals surface area contributed by atoms with Crippen molar-refractivity contribution in [3.05, 3.63) is 206 Å². The molecule has 0 radical (unpaired) electrons. The first kappa shape index (κ1) is 32.4. The first-order chi connectivity index (χ1) is 28.7. The maximum absolute atomic E-state index is 6.36. The highest BCUT2D eigenvalue weighted by atomic mass is 16.3. The zero-order valence-corrected chi connectivity index (χ0v) is 31.3. The van der Waals surface area contributed by atoms with Gasteiger partial charge in [0.05, 0.1) is 11.0 Å². The van der Waals surface area contributed by atoms with Gasteiger partial charge in [-0.2, -0.15) is 0 Å². The predicted molar refractivity (Wildman–Crippen MR) is 241 cm³/mol. The van der Waals surface area contributed by atoms with Gasteiger partial charge in [0.2, 0.25) is 0 Å². The first-order valence-electron chi connectivity index (χ1n) is 19.7. The third kappa shape index (κ3) is 5.16. The van der Waals surface area contributed by atoms with E-state index in [2.05, 4.69) is 191 Å². The first-order valence-corrected chi connectivity index (χ1v) is 19.7. The Kier molecular flexibility index (Phi) is 7.20. The lowest BCUT2D eigenvalue weighted by atomic mass is 10.0. The topological polar surface area (TPSA) is 34.5 Å². The fraction of sp³-hybridized carbons (Fsp3) is 0. The monoisotopic (exact) mass is 742 g/mol. The molecule has 3 heterocycles. The van der Waals surface area contributed by atoms with Gasteiger partial charge in [0, 0.05) is 67.2 Å². The molecular weight excluding hydrogens is 709 g/mol. The van der Waals surface area contributed by atoms with Crippen molar-refractivity contribution in [2.24, 2.45) is 0 Å². The molecule has 0 unspecified atom stereocenters. The Bertz CT molecular complexity index is 3500. The van der Waals surface area contributed by atoms with Gasteiger partial charge in [-0.3, -0.25) is 0 Å². The van der Waals surface area contributed by atoms with Crippen LogP contribution in [0.3, 0.4) is 0 Å². The molecule has 0 saturated carbocycles. The number of benzene rings is 9. The molecule has 0 bridgehead atoms. The molecule has 0 aliphatic rings. The molecule has 0 spiro atoms. The van der Waals surface area contributed by atoms with Crippen LogP contribution in [0.4, 0.5) is 17.1 Å². The van der Waals surface area contributed by atoms with Crippen molar-refractivity contribution in [3.63, 3.8) is 0 Å². The number of para-hydroxylation sites is 3. The molecule has 0 atom stereocenters. The van der Waals surface area contributed by atoms with Gasteiger partial charge in [0.15, 0.2) is 0 Å². The van der Waals surface area contributed by atoms with E-state index in [-0.39, 0.29) is 0 Å². The summed E-state index contributed by atoms with van der Waals surface area (Å²) in [6, 6.07) is 73.3. The summed E-state index contributed by atoms with van der Waals surface area (Å²) in [5.41, 5.74) is 14.8. The van der Waals surface area contributed by atoms with Crippen LogP contribution in [-0.4, -0.2) is 4.57 Å². The van der Waals surface area contributed by atoms with Crippen LogP contribution >= 0.6 is 0 Å². The van der Waals surface area contributed by atoms with E-state index in [4.69, 9.17) is 8.83 Å². The summed E-state index contributed by atoms with van der Waals surface area (Å²) in [5, 5.41) is 6.93. The van der Waals surface area contributed by atoms with Crippen molar-refractivity contribution in [2.45, 2.75) is 0 Å². The van der Waals surface area contributed by atoms with E-state index in [1.165, 1.54) is 21.9 Å². The number of fused-ring (bicyclic) bond motifs is 9. The summed E-state index contributed by atoms with van der Waals surface area (Å²) in [5.74, 6) is 0.